The number of esters is 6. The molecule has 0 aliphatic heterocycles. The molecule has 1 unspecified atom stereocenters. The first-order chi connectivity index (χ1) is 39.9. The maximum atomic E-state index is 12.2. The van der Waals surface area contributed by atoms with E-state index < -0.39 is 33.6 Å². The van der Waals surface area contributed by atoms with E-state index in [0.717, 1.165) is 66.0 Å². The van der Waals surface area contributed by atoms with Crippen LogP contribution in [0.5, 0.6) is 28.7 Å². The molecule has 84 heavy (non-hydrogen) atoms. The van der Waals surface area contributed by atoms with Crippen LogP contribution in [0.2, 0.25) is 0 Å². The first kappa shape index (κ1) is 70.5. The molecule has 0 heterocycles. The highest BCUT2D eigenvalue weighted by Gasteiger charge is 2.35. The molecule has 16 nitrogen and oxygen atoms in total. The Morgan fingerprint density at radius 2 is 0.738 bits per heavy atom. The van der Waals surface area contributed by atoms with Gasteiger partial charge in [-0.15, -0.1) is 0 Å². The summed E-state index contributed by atoms with van der Waals surface area (Å²) in [6.07, 6.45) is 15.8. The van der Waals surface area contributed by atoms with Crippen LogP contribution in [0.1, 0.15) is 137 Å². The number of carbonyl (C=O) groups excluding carboxylic acids is 6. The van der Waals surface area contributed by atoms with Gasteiger partial charge >= 0.3 is 35.8 Å². The van der Waals surface area contributed by atoms with Crippen molar-refractivity contribution in [2.24, 2.45) is 33.5 Å². The highest BCUT2D eigenvalue weighted by Crippen LogP contribution is 2.32. The van der Waals surface area contributed by atoms with Crippen molar-refractivity contribution < 1.29 is 76.5 Å². The summed E-state index contributed by atoms with van der Waals surface area (Å²) in [5, 5.41) is 9.81. The second-order valence-electron chi connectivity index (χ2n) is 22.6. The van der Waals surface area contributed by atoms with Gasteiger partial charge in [0.2, 0.25) is 0 Å². The Hall–Kier alpha value is -7.72. The van der Waals surface area contributed by atoms with Gasteiger partial charge in [0.1, 0.15) is 42.0 Å². The average molecular weight is 1160 g/mol. The fraction of sp³-hybridized carbons (Fsp3) is 0.471. The van der Waals surface area contributed by atoms with E-state index in [9.17, 15) is 33.9 Å². The molecule has 0 saturated heterocycles. The molecule has 0 amide bonds. The Bertz CT molecular complexity index is 2740. The summed E-state index contributed by atoms with van der Waals surface area (Å²) in [6.45, 7) is 19.5. The maximum absolute atomic E-state index is 12.2. The molecule has 1 aliphatic rings. The molecule has 0 aromatic heterocycles. The molecule has 1 saturated carbocycles. The van der Waals surface area contributed by atoms with Crippen molar-refractivity contribution in [3.63, 3.8) is 0 Å². The molecule has 4 aromatic carbocycles. The Balaban J connectivity index is 0.000000330. The van der Waals surface area contributed by atoms with Crippen molar-refractivity contribution >= 4 is 54.0 Å². The summed E-state index contributed by atoms with van der Waals surface area (Å²) in [5.74, 6) is 1.76. The zero-order valence-corrected chi connectivity index (χ0v) is 51.6. The van der Waals surface area contributed by atoms with E-state index in [4.69, 9.17) is 42.6 Å². The van der Waals surface area contributed by atoms with Gasteiger partial charge in [0.15, 0.2) is 0 Å². The second-order valence-corrected chi connectivity index (χ2v) is 22.6. The monoisotopic (exact) mass is 1160 g/mol. The fourth-order valence-electron chi connectivity index (χ4n) is 7.38. The molecule has 458 valence electrons. The van der Waals surface area contributed by atoms with E-state index in [1.807, 2.05) is 130 Å². The predicted molar refractivity (Wildman–Crippen MR) is 325 cm³/mol. The Labute approximate surface area is 497 Å². The van der Waals surface area contributed by atoms with Gasteiger partial charge in [0.05, 0.1) is 62.8 Å². The molecular formula is C68H90O16. The van der Waals surface area contributed by atoms with Crippen LogP contribution in [0.3, 0.4) is 0 Å². The molecule has 16 heteroatoms. The molecule has 5 rings (SSSR count). The lowest BCUT2D eigenvalue weighted by Crippen LogP contribution is -2.39. The predicted octanol–water partition coefficient (Wildman–Crippen LogP) is 13.3. The van der Waals surface area contributed by atoms with Gasteiger partial charge in [-0.25, -0.2) is 14.4 Å². The number of hydrogen-bond acceptors (Lipinski definition) is 16. The largest absolute Gasteiger partial charge is 0.497 e. The quantitative estimate of drug-likeness (QED) is 0.0255. The summed E-state index contributed by atoms with van der Waals surface area (Å²) < 4.78 is 47.5. The minimum atomic E-state index is -0.816. The number of benzene rings is 4. The highest BCUT2D eigenvalue weighted by atomic mass is 16.6. The Kier molecular flexibility index (Phi) is 29.8. The average Bonchev–Trinajstić information content (AvgIpc) is 3.55. The normalized spacial score (nSPS) is 15.0. The standard InChI is InChI=1S/C24H34O5.C22H32O6.C22H24O5/c1-5-24(2,3)23(26)29-17-20-8-6-19(7-9-20)16-28-22(25)15-12-18-10-13-21(27-4)14-11-18;1-6-21(3,4)20(25)28-16-22(7-2,14-23)15-27-19(24)13-10-17-8-11-18(26-5)12-9-17;1-5-22(2,3)21(24)27-19-13-11-18(12-14-19)26-20(23)15-8-16-6-9-17(25-4)10-7-16/h10-15,19-20H,5-9,16-17H2,1-4H3;8-13,23H,6-7,14-16H2,1-5H3;6-15H,5H2,1-4H3/b15-12+;13-10+;15-8+. The number of aliphatic hydroxyl groups is 1. The minimum Gasteiger partial charge on any atom is -0.497 e. The zero-order valence-electron chi connectivity index (χ0n) is 51.6. The van der Waals surface area contributed by atoms with Gasteiger partial charge in [-0.2, -0.15) is 0 Å². The first-order valence-electron chi connectivity index (χ1n) is 28.7. The molecule has 1 aliphatic carbocycles. The molecule has 0 bridgehead atoms. The summed E-state index contributed by atoms with van der Waals surface area (Å²) in [6, 6.07) is 28.4. The molecular weight excluding hydrogens is 1070 g/mol. The van der Waals surface area contributed by atoms with Gasteiger partial charge in [-0.1, -0.05) is 64.1 Å². The summed E-state index contributed by atoms with van der Waals surface area (Å²) in [7, 11) is 4.80. The van der Waals surface area contributed by atoms with Crippen LogP contribution in [-0.4, -0.2) is 95.3 Å². The van der Waals surface area contributed by atoms with Crippen LogP contribution >= 0.6 is 0 Å². The third kappa shape index (κ3) is 25.0. The summed E-state index contributed by atoms with van der Waals surface area (Å²) in [4.78, 5) is 72.3. The third-order valence-corrected chi connectivity index (χ3v) is 15.1. The molecule has 4 aromatic rings. The maximum Gasteiger partial charge on any atom is 0.336 e. The SMILES string of the molecule is CCC(C)(C)C(=O)OCC1CCC(COC(=O)/C=C/c2ccc(OC)cc2)CC1.CCC(C)(C)C(=O)Oc1ccc(OC(=O)/C=C/c2ccc(OC)cc2)cc1.CCC(CO)(COC(=O)/C=C/c1ccc(OC)cc1)COC(=O)C(C)(C)CC. The van der Waals surface area contributed by atoms with E-state index >= 15 is 0 Å². The first-order valence-corrected chi connectivity index (χ1v) is 28.7. The van der Waals surface area contributed by atoms with Crippen molar-refractivity contribution in [2.45, 2.75) is 121 Å². The highest BCUT2D eigenvalue weighted by molar-refractivity contribution is 5.89. The van der Waals surface area contributed by atoms with E-state index in [2.05, 4.69) is 0 Å². The van der Waals surface area contributed by atoms with Crippen LogP contribution in [0.4, 0.5) is 0 Å². The van der Waals surface area contributed by atoms with E-state index in [-0.39, 0.29) is 43.7 Å². The molecule has 1 atom stereocenters. The lowest BCUT2D eigenvalue weighted by atomic mass is 9.83. The lowest BCUT2D eigenvalue weighted by molar-refractivity contribution is -0.162. The Morgan fingerprint density at radius 1 is 0.417 bits per heavy atom. The van der Waals surface area contributed by atoms with Crippen molar-refractivity contribution in [3.8, 4) is 28.7 Å². The molecule has 0 radical (unpaired) electrons. The number of hydrogen-bond donors (Lipinski definition) is 1. The lowest BCUT2D eigenvalue weighted by Gasteiger charge is -2.31. The summed E-state index contributed by atoms with van der Waals surface area (Å²) in [5.41, 5.74) is 0.243. The second kappa shape index (κ2) is 35.4. The van der Waals surface area contributed by atoms with Gasteiger partial charge < -0.3 is 47.7 Å². The van der Waals surface area contributed by atoms with E-state index in [1.165, 1.54) is 18.2 Å². The number of ether oxygens (including phenoxy) is 9. The van der Waals surface area contributed by atoms with Gasteiger partial charge in [0.25, 0.3) is 0 Å². The van der Waals surface area contributed by atoms with Crippen LogP contribution in [0.25, 0.3) is 18.2 Å². The van der Waals surface area contributed by atoms with Gasteiger partial charge in [0, 0.05) is 18.2 Å². The number of methoxy groups -OCH3 is 3. The van der Waals surface area contributed by atoms with Crippen LogP contribution in [-0.2, 0) is 47.7 Å². The van der Waals surface area contributed by atoms with Crippen molar-refractivity contribution in [2.75, 3.05) is 54.4 Å². The topological polar surface area (TPSA) is 206 Å². The smallest absolute Gasteiger partial charge is 0.336 e. The fourth-order valence-corrected chi connectivity index (χ4v) is 7.38. The van der Waals surface area contributed by atoms with Gasteiger partial charge in [-0.05, 0) is 200 Å². The molecule has 0 spiro atoms. The minimum absolute atomic E-state index is 0.00224. The molecule has 1 fully saturated rings. The number of aliphatic hydroxyl groups excluding tert-OH is 1. The van der Waals surface area contributed by atoms with Crippen LogP contribution in [0, 0.1) is 33.5 Å². The van der Waals surface area contributed by atoms with Crippen LogP contribution in [0.15, 0.2) is 115 Å². The summed E-state index contributed by atoms with van der Waals surface area (Å²) >= 11 is 0. The van der Waals surface area contributed by atoms with Crippen molar-refractivity contribution in [1.29, 1.82) is 0 Å². The Morgan fingerprint density at radius 3 is 1.11 bits per heavy atom. The van der Waals surface area contributed by atoms with Crippen molar-refractivity contribution in [1.82, 2.24) is 0 Å². The number of rotatable bonds is 27. The number of carbonyl (C=O) groups is 6. The van der Waals surface area contributed by atoms with E-state index in [0.29, 0.717) is 55.8 Å². The van der Waals surface area contributed by atoms with Crippen LogP contribution < -0.4 is 23.7 Å². The van der Waals surface area contributed by atoms with Gasteiger partial charge in [-0.3, -0.25) is 14.4 Å². The van der Waals surface area contributed by atoms with Crippen molar-refractivity contribution in [3.05, 3.63) is 132 Å². The van der Waals surface area contributed by atoms with E-state index in [1.54, 1.807) is 76.0 Å². The zero-order chi connectivity index (χ0) is 62.4. The molecule has 1 N–H and O–H groups in total. The third-order valence-electron chi connectivity index (χ3n) is 15.1.